The molecule has 38 heavy (non-hydrogen) atoms. The molecule has 1 fully saturated rings. The molecular formula is C27H24FN3O3S4. The number of allylic oxidation sites excluding steroid dienone is 4. The molecule has 2 N–H and O–H groups in total. The summed E-state index contributed by atoms with van der Waals surface area (Å²) in [5.41, 5.74) is 4.40. The first-order chi connectivity index (χ1) is 18.3. The normalized spacial score (nSPS) is 18.4. The third-order valence-corrected chi connectivity index (χ3v) is 9.57. The van der Waals surface area contributed by atoms with Crippen LogP contribution in [0.1, 0.15) is 47.3 Å². The van der Waals surface area contributed by atoms with Crippen LogP contribution >= 0.6 is 50.5 Å². The average molecular weight is 586 g/mol. The van der Waals surface area contributed by atoms with Gasteiger partial charge in [0.1, 0.15) is 5.83 Å². The maximum absolute atomic E-state index is 14.0. The lowest BCUT2D eigenvalue weighted by atomic mass is 9.89. The number of aromatic carboxylic acids is 1. The fourth-order valence-electron chi connectivity index (χ4n) is 5.67. The van der Waals surface area contributed by atoms with Crippen LogP contribution in [-0.2, 0) is 4.74 Å². The van der Waals surface area contributed by atoms with E-state index in [1.165, 1.54) is 6.08 Å². The number of halogens is 1. The molecule has 3 heterocycles. The zero-order chi connectivity index (χ0) is 26.7. The van der Waals surface area contributed by atoms with Crippen molar-refractivity contribution in [3.63, 3.8) is 0 Å². The zero-order valence-corrected chi connectivity index (χ0v) is 23.6. The van der Waals surface area contributed by atoms with Gasteiger partial charge in [-0.05, 0) is 43.5 Å². The van der Waals surface area contributed by atoms with Crippen LogP contribution in [0.4, 0.5) is 4.39 Å². The van der Waals surface area contributed by atoms with Crippen LogP contribution in [-0.4, -0.2) is 39.1 Å². The first-order valence-corrected chi connectivity index (χ1v) is 13.9. The first kappa shape index (κ1) is 25.9. The number of aromatic amines is 1. The number of nitrogens with one attached hydrogen (secondary N) is 1. The summed E-state index contributed by atoms with van der Waals surface area (Å²) in [6.45, 7) is 1.25. The molecule has 2 aromatic heterocycles. The minimum absolute atomic E-state index is 0.0430. The van der Waals surface area contributed by atoms with E-state index in [9.17, 15) is 14.3 Å². The van der Waals surface area contributed by atoms with Crippen molar-refractivity contribution < 1.29 is 19.0 Å². The number of carboxylic acids is 1. The number of fused-ring (bicyclic) bond motifs is 2. The molecule has 1 aliphatic carbocycles. The molecule has 2 aliphatic rings. The van der Waals surface area contributed by atoms with E-state index in [-0.39, 0.29) is 33.1 Å². The molecule has 1 saturated heterocycles. The molecule has 1 atom stereocenters. The first-order valence-electron chi connectivity index (χ1n) is 12.1. The van der Waals surface area contributed by atoms with Gasteiger partial charge in [-0.2, -0.15) is 5.10 Å². The van der Waals surface area contributed by atoms with Crippen LogP contribution in [0.25, 0.3) is 32.9 Å². The van der Waals surface area contributed by atoms with Gasteiger partial charge >= 0.3 is 5.97 Å². The summed E-state index contributed by atoms with van der Waals surface area (Å²) >= 11 is 18.7. The summed E-state index contributed by atoms with van der Waals surface area (Å²) in [6, 6.07) is 4.02. The predicted molar refractivity (Wildman–Crippen MR) is 158 cm³/mol. The molecule has 0 saturated carbocycles. The van der Waals surface area contributed by atoms with Crippen LogP contribution in [0, 0.1) is 0 Å². The highest BCUT2D eigenvalue weighted by Crippen LogP contribution is 2.51. The molecule has 1 aliphatic heterocycles. The number of hydrogen-bond donors (Lipinski definition) is 6. The highest BCUT2D eigenvalue weighted by atomic mass is 32.1. The molecule has 0 spiro atoms. The number of thiol groups is 4. The van der Waals surface area contributed by atoms with Crippen molar-refractivity contribution in [3.05, 3.63) is 53.6 Å². The standard InChI is InChI=1S/C27H24FN3O3S4/c28-14-1-3-15(4-2-14)31-18-9-13-11-29-30-17(13)10-16(18)19(22(31)12-5-7-34-8-6-12)20-23(35)25(37)21(27(32)33)26(38)24(20)36/h1-3,9-12,15,35-38H,4-8H2,(H,29,30)(H,32,33). The van der Waals surface area contributed by atoms with Crippen molar-refractivity contribution in [2.45, 2.75) is 50.8 Å². The molecule has 196 valence electrons. The second kappa shape index (κ2) is 10.0. The molecular weight excluding hydrogens is 562 g/mol. The van der Waals surface area contributed by atoms with E-state index in [4.69, 9.17) is 30.0 Å². The third kappa shape index (κ3) is 4.10. The smallest absolute Gasteiger partial charge is 0.338 e. The van der Waals surface area contributed by atoms with Gasteiger partial charge in [-0.3, -0.25) is 5.10 Å². The van der Waals surface area contributed by atoms with E-state index in [0.717, 1.165) is 45.9 Å². The second-order valence-corrected chi connectivity index (χ2v) is 11.3. The Morgan fingerprint density at radius 3 is 2.42 bits per heavy atom. The van der Waals surface area contributed by atoms with Crippen LogP contribution < -0.4 is 0 Å². The quantitative estimate of drug-likeness (QED) is 0.142. The number of rotatable bonds is 4. The molecule has 0 amide bonds. The Bertz CT molecular complexity index is 1660. The highest BCUT2D eigenvalue weighted by Gasteiger charge is 2.33. The SMILES string of the molecule is O=C(O)c1c(S)c(S)c(-c2c(C3CCOCC3)n(C3C=CC(F)=CC3)c3cc4cn[nH]c4cc23)c(S)c1S. The van der Waals surface area contributed by atoms with Crippen LogP contribution in [0.15, 0.2) is 62.0 Å². The maximum atomic E-state index is 14.0. The van der Waals surface area contributed by atoms with Crippen LogP contribution in [0.3, 0.4) is 0 Å². The van der Waals surface area contributed by atoms with Gasteiger partial charge in [-0.15, -0.1) is 50.5 Å². The molecule has 2 aromatic carbocycles. The Morgan fingerprint density at radius 2 is 1.79 bits per heavy atom. The fourth-order valence-corrected chi connectivity index (χ4v) is 7.16. The molecule has 1 unspecified atom stereocenters. The minimum atomic E-state index is -1.15. The Hall–Kier alpha value is -2.31. The van der Waals surface area contributed by atoms with E-state index in [0.29, 0.717) is 35.0 Å². The number of benzene rings is 2. The van der Waals surface area contributed by atoms with Crippen LogP contribution in [0.5, 0.6) is 0 Å². The van der Waals surface area contributed by atoms with E-state index < -0.39 is 5.97 Å². The summed E-state index contributed by atoms with van der Waals surface area (Å²) in [5, 5.41) is 19.0. The topological polar surface area (TPSA) is 80.1 Å². The minimum Gasteiger partial charge on any atom is -0.478 e. The van der Waals surface area contributed by atoms with Crippen molar-refractivity contribution >= 4 is 78.3 Å². The Morgan fingerprint density at radius 1 is 1.08 bits per heavy atom. The summed E-state index contributed by atoms with van der Waals surface area (Å²) in [7, 11) is 0. The van der Waals surface area contributed by atoms with Gasteiger partial charge in [-0.25, -0.2) is 9.18 Å². The van der Waals surface area contributed by atoms with E-state index in [1.54, 1.807) is 12.3 Å². The monoisotopic (exact) mass is 585 g/mol. The van der Waals surface area contributed by atoms with Gasteiger partial charge in [0, 0.05) is 66.3 Å². The number of hydrogen-bond acceptors (Lipinski definition) is 7. The van der Waals surface area contributed by atoms with E-state index in [2.05, 4.69) is 52.2 Å². The van der Waals surface area contributed by atoms with Crippen LogP contribution in [0.2, 0.25) is 0 Å². The summed E-state index contributed by atoms with van der Waals surface area (Å²) < 4.78 is 22.0. The number of aromatic nitrogens is 3. The predicted octanol–water partition coefficient (Wildman–Crippen LogP) is 7.29. The van der Waals surface area contributed by atoms with Gasteiger partial charge in [0.2, 0.25) is 0 Å². The Labute approximate surface area is 240 Å². The second-order valence-electron chi connectivity index (χ2n) is 9.54. The van der Waals surface area contributed by atoms with Crippen molar-refractivity contribution in [2.24, 2.45) is 0 Å². The lowest BCUT2D eigenvalue weighted by molar-refractivity contribution is 0.0688. The van der Waals surface area contributed by atoms with Crippen molar-refractivity contribution in [3.8, 4) is 11.1 Å². The zero-order valence-electron chi connectivity index (χ0n) is 20.0. The number of ether oxygens (including phenoxy) is 1. The molecule has 6 rings (SSSR count). The van der Waals surface area contributed by atoms with Gasteiger partial charge in [0.05, 0.1) is 28.8 Å². The van der Waals surface area contributed by atoms with E-state index in [1.807, 2.05) is 6.08 Å². The maximum Gasteiger partial charge on any atom is 0.338 e. The van der Waals surface area contributed by atoms with Crippen molar-refractivity contribution in [2.75, 3.05) is 13.2 Å². The van der Waals surface area contributed by atoms with Gasteiger partial charge < -0.3 is 14.4 Å². The number of carboxylic acid groups (broad SMARTS) is 1. The number of nitrogens with zero attached hydrogens (tertiary/aromatic N) is 2. The highest BCUT2D eigenvalue weighted by molar-refractivity contribution is 7.85. The largest absolute Gasteiger partial charge is 0.478 e. The Kier molecular flexibility index (Phi) is 6.84. The molecule has 0 bridgehead atoms. The number of carbonyl (C=O) groups is 1. The summed E-state index contributed by atoms with van der Waals surface area (Å²) in [5.74, 6) is -1.26. The molecule has 11 heteroatoms. The number of H-pyrrole nitrogens is 1. The van der Waals surface area contributed by atoms with Gasteiger partial charge in [-0.1, -0.05) is 6.08 Å². The lowest BCUT2D eigenvalue weighted by Gasteiger charge is -2.29. The lowest BCUT2D eigenvalue weighted by Crippen LogP contribution is -2.20. The Balaban J connectivity index is 1.77. The summed E-state index contributed by atoms with van der Waals surface area (Å²) in [6.07, 6.45) is 8.91. The third-order valence-electron chi connectivity index (χ3n) is 7.43. The molecule has 6 nitrogen and oxygen atoms in total. The van der Waals surface area contributed by atoms with E-state index >= 15 is 0 Å². The summed E-state index contributed by atoms with van der Waals surface area (Å²) in [4.78, 5) is 13.3. The fraction of sp³-hybridized carbons (Fsp3) is 0.259. The van der Waals surface area contributed by atoms with Crippen molar-refractivity contribution in [1.82, 2.24) is 14.8 Å². The average Bonchev–Trinajstić information content (AvgIpc) is 3.49. The van der Waals surface area contributed by atoms with Crippen molar-refractivity contribution in [1.29, 1.82) is 0 Å². The van der Waals surface area contributed by atoms with Gasteiger partial charge in [0.25, 0.3) is 0 Å². The molecule has 4 aromatic rings. The molecule has 0 radical (unpaired) electrons. The van der Waals surface area contributed by atoms with Gasteiger partial charge in [0.15, 0.2) is 0 Å².